The summed E-state index contributed by atoms with van der Waals surface area (Å²) in [7, 11) is 0. The van der Waals surface area contributed by atoms with Crippen LogP contribution < -0.4 is 5.32 Å². The van der Waals surface area contributed by atoms with Gasteiger partial charge in [0, 0.05) is 24.5 Å². The Morgan fingerprint density at radius 1 is 1.32 bits per heavy atom. The van der Waals surface area contributed by atoms with Gasteiger partial charge in [-0.2, -0.15) is 0 Å². The zero-order valence-electron chi connectivity index (χ0n) is 12.1. The van der Waals surface area contributed by atoms with E-state index >= 15 is 0 Å². The minimum atomic E-state index is -0.421. The van der Waals surface area contributed by atoms with E-state index in [1.807, 2.05) is 0 Å². The molecule has 1 aliphatic heterocycles. The number of likely N-dealkylation sites (tertiary alicyclic amines) is 1. The van der Waals surface area contributed by atoms with Gasteiger partial charge in [0.15, 0.2) is 0 Å². The molecule has 0 spiro atoms. The highest BCUT2D eigenvalue weighted by atomic mass is 16.3. The first-order valence-electron chi connectivity index (χ1n) is 7.27. The molecule has 1 N–H and O–H groups in total. The zero-order valence-corrected chi connectivity index (χ0v) is 12.1. The van der Waals surface area contributed by atoms with Gasteiger partial charge in [0.05, 0.1) is 12.8 Å². The highest BCUT2D eigenvalue weighted by Gasteiger charge is 2.34. The fourth-order valence-corrected chi connectivity index (χ4v) is 2.65. The van der Waals surface area contributed by atoms with E-state index in [9.17, 15) is 9.59 Å². The summed E-state index contributed by atoms with van der Waals surface area (Å²) in [4.78, 5) is 30.4. The second kappa shape index (κ2) is 6.43. The molecule has 2 aromatic heterocycles. The van der Waals surface area contributed by atoms with Crippen molar-refractivity contribution < 1.29 is 14.0 Å². The molecule has 0 saturated carbocycles. The fourth-order valence-electron chi connectivity index (χ4n) is 2.65. The largest absolute Gasteiger partial charge is 0.467 e. The summed E-state index contributed by atoms with van der Waals surface area (Å²) < 4.78 is 5.19. The first-order chi connectivity index (χ1) is 10.8. The van der Waals surface area contributed by atoms with E-state index in [0.29, 0.717) is 30.8 Å². The Hall–Kier alpha value is -2.63. The summed E-state index contributed by atoms with van der Waals surface area (Å²) in [5.74, 6) is 0.424. The average Bonchev–Trinajstić information content (AvgIpc) is 3.24. The van der Waals surface area contributed by atoms with Gasteiger partial charge in [-0.1, -0.05) is 0 Å². The van der Waals surface area contributed by atoms with Crippen molar-refractivity contribution in [3.8, 4) is 0 Å². The lowest BCUT2D eigenvalue weighted by Crippen LogP contribution is -2.45. The van der Waals surface area contributed by atoms with E-state index in [4.69, 9.17) is 4.42 Å². The number of amides is 2. The molecule has 22 heavy (non-hydrogen) atoms. The van der Waals surface area contributed by atoms with Crippen LogP contribution in [0, 0.1) is 0 Å². The maximum Gasteiger partial charge on any atom is 0.254 e. The second-order valence-corrected chi connectivity index (χ2v) is 5.19. The van der Waals surface area contributed by atoms with Gasteiger partial charge in [-0.05, 0) is 37.1 Å². The van der Waals surface area contributed by atoms with Crippen LogP contribution >= 0.6 is 0 Å². The van der Waals surface area contributed by atoms with Crippen molar-refractivity contribution in [3.05, 3.63) is 54.2 Å². The van der Waals surface area contributed by atoms with Crippen molar-refractivity contribution in [1.29, 1.82) is 0 Å². The SMILES string of the molecule is O=C(NCc1ccco1)[C@H]1CCCN1C(=O)c1ccncc1. The van der Waals surface area contributed by atoms with Crippen molar-refractivity contribution in [2.24, 2.45) is 0 Å². The lowest BCUT2D eigenvalue weighted by Gasteiger charge is -2.23. The number of nitrogens with zero attached hydrogens (tertiary/aromatic N) is 2. The van der Waals surface area contributed by atoms with E-state index in [-0.39, 0.29) is 11.8 Å². The molecule has 6 nitrogen and oxygen atoms in total. The van der Waals surface area contributed by atoms with Gasteiger partial charge in [-0.25, -0.2) is 0 Å². The van der Waals surface area contributed by atoms with Crippen LogP contribution in [0.15, 0.2) is 47.3 Å². The molecule has 0 radical (unpaired) electrons. The highest BCUT2D eigenvalue weighted by molar-refractivity contribution is 5.97. The molecule has 0 aromatic carbocycles. The number of hydrogen-bond donors (Lipinski definition) is 1. The molecule has 1 fully saturated rings. The Bertz CT molecular complexity index is 640. The van der Waals surface area contributed by atoms with Crippen molar-refractivity contribution in [1.82, 2.24) is 15.2 Å². The summed E-state index contributed by atoms with van der Waals surface area (Å²) in [6.07, 6.45) is 6.23. The van der Waals surface area contributed by atoms with Crippen LogP contribution in [0.4, 0.5) is 0 Å². The number of carbonyl (C=O) groups is 2. The topological polar surface area (TPSA) is 75.4 Å². The Kier molecular flexibility index (Phi) is 4.18. The molecular formula is C16H17N3O3. The summed E-state index contributed by atoms with van der Waals surface area (Å²) >= 11 is 0. The van der Waals surface area contributed by atoms with Gasteiger partial charge in [0.1, 0.15) is 11.8 Å². The van der Waals surface area contributed by atoms with Crippen molar-refractivity contribution in [3.63, 3.8) is 0 Å². The average molecular weight is 299 g/mol. The van der Waals surface area contributed by atoms with Crippen LogP contribution in [0.1, 0.15) is 29.0 Å². The summed E-state index contributed by atoms with van der Waals surface area (Å²) in [5, 5.41) is 2.82. The normalized spacial score (nSPS) is 17.5. The van der Waals surface area contributed by atoms with Gasteiger partial charge in [-0.3, -0.25) is 14.6 Å². The summed E-state index contributed by atoms with van der Waals surface area (Å²) in [6, 6.07) is 6.48. The highest BCUT2D eigenvalue weighted by Crippen LogP contribution is 2.20. The Morgan fingerprint density at radius 3 is 2.86 bits per heavy atom. The van der Waals surface area contributed by atoms with Crippen LogP contribution in [0.3, 0.4) is 0 Å². The predicted molar refractivity (Wildman–Crippen MR) is 78.9 cm³/mol. The standard InChI is InChI=1S/C16H17N3O3/c20-15(18-11-13-3-2-10-22-13)14-4-1-9-19(14)16(21)12-5-7-17-8-6-12/h2-3,5-8,10,14H,1,4,9,11H2,(H,18,20)/t14-/m1/s1. The fraction of sp³-hybridized carbons (Fsp3) is 0.312. The number of hydrogen-bond acceptors (Lipinski definition) is 4. The van der Waals surface area contributed by atoms with E-state index in [2.05, 4.69) is 10.3 Å². The third-order valence-electron chi connectivity index (χ3n) is 3.76. The van der Waals surface area contributed by atoms with Crippen LogP contribution in [-0.4, -0.2) is 34.3 Å². The van der Waals surface area contributed by atoms with Crippen molar-refractivity contribution >= 4 is 11.8 Å². The van der Waals surface area contributed by atoms with E-state index < -0.39 is 6.04 Å². The molecule has 2 aromatic rings. The molecule has 1 aliphatic rings. The molecule has 3 rings (SSSR count). The molecule has 0 unspecified atom stereocenters. The molecule has 6 heteroatoms. The minimum absolute atomic E-state index is 0.127. The second-order valence-electron chi connectivity index (χ2n) is 5.19. The van der Waals surface area contributed by atoms with Crippen LogP contribution in [-0.2, 0) is 11.3 Å². The van der Waals surface area contributed by atoms with Crippen molar-refractivity contribution in [2.75, 3.05) is 6.54 Å². The quantitative estimate of drug-likeness (QED) is 0.930. The monoisotopic (exact) mass is 299 g/mol. The number of pyridine rings is 1. The lowest BCUT2D eigenvalue weighted by molar-refractivity contribution is -0.125. The molecular weight excluding hydrogens is 282 g/mol. The molecule has 1 saturated heterocycles. The van der Waals surface area contributed by atoms with Crippen molar-refractivity contribution in [2.45, 2.75) is 25.4 Å². The Morgan fingerprint density at radius 2 is 2.14 bits per heavy atom. The molecule has 114 valence electrons. The Labute approximate surface area is 128 Å². The van der Waals surface area contributed by atoms with Gasteiger partial charge < -0.3 is 14.6 Å². The van der Waals surface area contributed by atoms with Crippen LogP contribution in [0.5, 0.6) is 0 Å². The third kappa shape index (κ3) is 3.00. The maximum atomic E-state index is 12.5. The number of carbonyl (C=O) groups excluding carboxylic acids is 2. The predicted octanol–water partition coefficient (Wildman–Crippen LogP) is 1.60. The van der Waals surface area contributed by atoms with E-state index in [1.54, 1.807) is 47.8 Å². The van der Waals surface area contributed by atoms with Gasteiger partial charge in [-0.15, -0.1) is 0 Å². The molecule has 0 bridgehead atoms. The van der Waals surface area contributed by atoms with Crippen LogP contribution in [0.2, 0.25) is 0 Å². The van der Waals surface area contributed by atoms with Crippen LogP contribution in [0.25, 0.3) is 0 Å². The third-order valence-corrected chi connectivity index (χ3v) is 3.76. The van der Waals surface area contributed by atoms with E-state index in [0.717, 1.165) is 6.42 Å². The molecule has 1 atom stereocenters. The first kappa shape index (κ1) is 14.3. The van der Waals surface area contributed by atoms with Gasteiger partial charge in [0.25, 0.3) is 5.91 Å². The zero-order chi connectivity index (χ0) is 15.4. The van der Waals surface area contributed by atoms with Gasteiger partial charge in [0.2, 0.25) is 5.91 Å². The molecule has 3 heterocycles. The molecule has 0 aliphatic carbocycles. The number of nitrogens with one attached hydrogen (secondary N) is 1. The lowest BCUT2D eigenvalue weighted by atomic mass is 10.1. The number of aromatic nitrogens is 1. The van der Waals surface area contributed by atoms with E-state index in [1.165, 1.54) is 0 Å². The smallest absolute Gasteiger partial charge is 0.254 e. The number of furan rings is 1. The first-order valence-corrected chi connectivity index (χ1v) is 7.27. The maximum absolute atomic E-state index is 12.5. The summed E-state index contributed by atoms with van der Waals surface area (Å²) in [5.41, 5.74) is 0.556. The molecule has 2 amide bonds. The Balaban J connectivity index is 1.65. The minimum Gasteiger partial charge on any atom is -0.467 e. The summed E-state index contributed by atoms with van der Waals surface area (Å²) in [6.45, 7) is 0.930. The van der Waals surface area contributed by atoms with Gasteiger partial charge >= 0.3 is 0 Å². The number of rotatable bonds is 4.